The van der Waals surface area contributed by atoms with Gasteiger partial charge in [0.05, 0.1) is 17.8 Å². The highest BCUT2D eigenvalue weighted by atomic mass is 19.4. The molecule has 0 radical (unpaired) electrons. The zero-order valence-electron chi connectivity index (χ0n) is 13.2. The van der Waals surface area contributed by atoms with Crippen LogP contribution in [0.2, 0.25) is 0 Å². The molecule has 130 valence electrons. The molecule has 0 bridgehead atoms. The van der Waals surface area contributed by atoms with Crippen molar-refractivity contribution in [3.63, 3.8) is 0 Å². The summed E-state index contributed by atoms with van der Waals surface area (Å²) in [6.45, 7) is 1.73. The van der Waals surface area contributed by atoms with Gasteiger partial charge < -0.3 is 0 Å². The Kier molecular flexibility index (Phi) is 4.12. The summed E-state index contributed by atoms with van der Waals surface area (Å²) >= 11 is 0. The van der Waals surface area contributed by atoms with Gasteiger partial charge >= 0.3 is 17.6 Å². The normalized spacial score (nSPS) is 11.7. The Labute approximate surface area is 139 Å². The van der Waals surface area contributed by atoms with Gasteiger partial charge in [0.25, 0.3) is 0 Å². The van der Waals surface area contributed by atoms with Crippen molar-refractivity contribution in [2.45, 2.75) is 19.6 Å². The van der Waals surface area contributed by atoms with Crippen molar-refractivity contribution in [3.8, 4) is 5.69 Å². The third kappa shape index (κ3) is 3.42. The van der Waals surface area contributed by atoms with Gasteiger partial charge in [0.1, 0.15) is 0 Å². The molecule has 25 heavy (non-hydrogen) atoms. The number of halogens is 3. The average molecular weight is 349 g/mol. The van der Waals surface area contributed by atoms with Gasteiger partial charge in [-0.3, -0.25) is 0 Å². The second-order valence-electron chi connectivity index (χ2n) is 5.65. The summed E-state index contributed by atoms with van der Waals surface area (Å²) in [6.07, 6.45) is -4.43. The zero-order valence-corrected chi connectivity index (χ0v) is 13.2. The van der Waals surface area contributed by atoms with E-state index in [-0.39, 0.29) is 6.54 Å². The van der Waals surface area contributed by atoms with Crippen molar-refractivity contribution in [1.82, 2.24) is 14.3 Å². The van der Waals surface area contributed by atoms with Crippen LogP contribution in [0.25, 0.3) is 5.69 Å². The number of hydrogen-bond acceptors (Lipinski definition) is 2. The molecule has 0 aliphatic carbocycles. The lowest BCUT2D eigenvalue weighted by Crippen LogP contribution is -2.29. The molecule has 8 heteroatoms. The number of hydrogen-bond donors (Lipinski definition) is 1. The number of alkyl halides is 3. The van der Waals surface area contributed by atoms with Crippen molar-refractivity contribution in [2.75, 3.05) is 0 Å². The minimum absolute atomic E-state index is 0.120. The van der Waals surface area contributed by atoms with E-state index in [9.17, 15) is 22.8 Å². The molecule has 1 heterocycles. The van der Waals surface area contributed by atoms with Crippen LogP contribution in [0.15, 0.2) is 58.1 Å². The fourth-order valence-corrected chi connectivity index (χ4v) is 2.47. The second kappa shape index (κ2) is 6.12. The van der Waals surface area contributed by atoms with Crippen LogP contribution in [-0.2, 0) is 12.7 Å². The quantitative estimate of drug-likeness (QED) is 0.790. The summed E-state index contributed by atoms with van der Waals surface area (Å²) < 4.78 is 39.8. The zero-order chi connectivity index (χ0) is 18.2. The van der Waals surface area contributed by atoms with Crippen LogP contribution >= 0.6 is 0 Å². The maximum absolute atomic E-state index is 12.6. The van der Waals surface area contributed by atoms with Crippen LogP contribution in [0.4, 0.5) is 13.2 Å². The molecule has 0 fully saturated rings. The summed E-state index contributed by atoms with van der Waals surface area (Å²) in [4.78, 5) is 24.5. The Morgan fingerprint density at radius 3 is 2.32 bits per heavy atom. The Bertz CT molecular complexity index is 1010. The van der Waals surface area contributed by atoms with E-state index in [2.05, 4.69) is 5.10 Å². The molecule has 0 atom stereocenters. The fourth-order valence-electron chi connectivity index (χ4n) is 2.47. The van der Waals surface area contributed by atoms with Gasteiger partial charge in [-0.15, -0.1) is 0 Å². The van der Waals surface area contributed by atoms with Crippen molar-refractivity contribution in [3.05, 3.63) is 86.2 Å². The van der Waals surface area contributed by atoms with E-state index in [1.165, 1.54) is 12.1 Å². The SMILES string of the molecule is Cc1cccc(-n2[nH]c(=O)n(Cc3ccc(C(F)(F)F)cc3)c2=O)c1. The van der Waals surface area contributed by atoms with Crippen molar-refractivity contribution in [2.24, 2.45) is 0 Å². The minimum Gasteiger partial charge on any atom is -0.246 e. The third-order valence-electron chi connectivity index (χ3n) is 3.76. The van der Waals surface area contributed by atoms with Crippen LogP contribution in [-0.4, -0.2) is 14.3 Å². The lowest BCUT2D eigenvalue weighted by Gasteiger charge is -2.07. The number of nitrogens with zero attached hydrogens (tertiary/aromatic N) is 2. The van der Waals surface area contributed by atoms with Crippen LogP contribution in [0.3, 0.4) is 0 Å². The molecular weight excluding hydrogens is 335 g/mol. The molecule has 1 N–H and O–H groups in total. The summed E-state index contributed by atoms with van der Waals surface area (Å²) in [5.41, 5.74) is -0.159. The maximum atomic E-state index is 12.6. The highest BCUT2D eigenvalue weighted by Gasteiger charge is 2.29. The van der Waals surface area contributed by atoms with Crippen LogP contribution in [0.5, 0.6) is 0 Å². The smallest absolute Gasteiger partial charge is 0.246 e. The molecule has 0 unspecified atom stereocenters. The third-order valence-corrected chi connectivity index (χ3v) is 3.76. The molecule has 0 spiro atoms. The van der Waals surface area contributed by atoms with Crippen molar-refractivity contribution in [1.29, 1.82) is 0 Å². The van der Waals surface area contributed by atoms with Crippen molar-refractivity contribution >= 4 is 0 Å². The van der Waals surface area contributed by atoms with E-state index in [0.29, 0.717) is 11.3 Å². The first-order valence-corrected chi connectivity index (χ1v) is 7.41. The fraction of sp³-hybridized carbons (Fsp3) is 0.176. The van der Waals surface area contributed by atoms with Gasteiger partial charge in [-0.25, -0.2) is 23.9 Å². The molecule has 0 aliphatic heterocycles. The van der Waals surface area contributed by atoms with E-state index < -0.39 is 23.1 Å². The molecule has 5 nitrogen and oxygen atoms in total. The number of rotatable bonds is 3. The monoisotopic (exact) mass is 349 g/mol. The largest absolute Gasteiger partial charge is 0.416 e. The number of aromatic nitrogens is 3. The first kappa shape index (κ1) is 16.8. The van der Waals surface area contributed by atoms with E-state index in [1.807, 2.05) is 13.0 Å². The van der Waals surface area contributed by atoms with Gasteiger partial charge in [0, 0.05) is 0 Å². The molecule has 3 rings (SSSR count). The standard InChI is InChI=1S/C17H14F3N3O2/c1-11-3-2-4-14(9-11)23-16(25)22(15(24)21-23)10-12-5-7-13(8-6-12)17(18,19)20/h2-9H,10H2,1H3,(H,21,24). The lowest BCUT2D eigenvalue weighted by atomic mass is 10.1. The molecule has 2 aromatic carbocycles. The van der Waals surface area contributed by atoms with Crippen LogP contribution < -0.4 is 11.4 Å². The highest BCUT2D eigenvalue weighted by Crippen LogP contribution is 2.29. The van der Waals surface area contributed by atoms with Gasteiger partial charge in [-0.2, -0.15) is 13.2 Å². The predicted octanol–water partition coefficient (Wildman–Crippen LogP) is 2.70. The van der Waals surface area contributed by atoms with E-state index in [4.69, 9.17) is 0 Å². The average Bonchev–Trinajstić information content (AvgIpc) is 2.83. The molecule has 0 saturated heterocycles. The van der Waals surface area contributed by atoms with Gasteiger partial charge in [-0.05, 0) is 42.3 Å². The van der Waals surface area contributed by atoms with Crippen molar-refractivity contribution < 1.29 is 13.2 Å². The number of aromatic amines is 1. The number of nitrogens with one attached hydrogen (secondary N) is 1. The summed E-state index contributed by atoms with van der Waals surface area (Å²) in [5, 5.41) is 2.44. The molecule has 1 aromatic heterocycles. The Hall–Kier alpha value is -3.03. The molecule has 0 saturated carbocycles. The van der Waals surface area contributed by atoms with Gasteiger partial charge in [-0.1, -0.05) is 24.3 Å². The number of H-pyrrole nitrogens is 1. The van der Waals surface area contributed by atoms with E-state index in [1.54, 1.807) is 18.2 Å². The van der Waals surface area contributed by atoms with E-state index >= 15 is 0 Å². The first-order chi connectivity index (χ1) is 11.8. The number of aryl methyl sites for hydroxylation is 1. The topological polar surface area (TPSA) is 59.8 Å². The summed E-state index contributed by atoms with van der Waals surface area (Å²) in [5.74, 6) is 0. The second-order valence-corrected chi connectivity index (χ2v) is 5.65. The molecular formula is C17H14F3N3O2. The van der Waals surface area contributed by atoms with Gasteiger partial charge in [0.15, 0.2) is 0 Å². The Morgan fingerprint density at radius 2 is 1.72 bits per heavy atom. The van der Waals surface area contributed by atoms with Crippen LogP contribution in [0, 0.1) is 6.92 Å². The molecule has 0 aliphatic rings. The summed E-state index contributed by atoms with van der Waals surface area (Å²) in [6, 6.07) is 11.4. The lowest BCUT2D eigenvalue weighted by molar-refractivity contribution is -0.137. The Morgan fingerprint density at radius 1 is 1.04 bits per heavy atom. The van der Waals surface area contributed by atoms with Gasteiger partial charge in [0.2, 0.25) is 0 Å². The first-order valence-electron chi connectivity index (χ1n) is 7.41. The van der Waals surface area contributed by atoms with E-state index in [0.717, 1.165) is 26.9 Å². The molecule has 3 aromatic rings. The number of benzene rings is 2. The predicted molar refractivity (Wildman–Crippen MR) is 85.9 cm³/mol. The molecule has 0 amide bonds. The van der Waals surface area contributed by atoms with Crippen LogP contribution in [0.1, 0.15) is 16.7 Å². The highest BCUT2D eigenvalue weighted by molar-refractivity contribution is 5.34. The summed E-state index contributed by atoms with van der Waals surface area (Å²) in [7, 11) is 0. The maximum Gasteiger partial charge on any atom is 0.416 e. The Balaban J connectivity index is 1.94. The minimum atomic E-state index is -4.43.